The second-order valence-corrected chi connectivity index (χ2v) is 7.48. The largest absolute Gasteiger partial charge is 0.469 e. The van der Waals surface area contributed by atoms with Gasteiger partial charge in [-0.25, -0.2) is 0 Å². The highest BCUT2D eigenvalue weighted by Crippen LogP contribution is 2.16. The molecule has 1 N–H and O–H groups in total. The summed E-state index contributed by atoms with van der Waals surface area (Å²) in [6, 6.07) is 8.90. The predicted octanol–water partition coefficient (Wildman–Crippen LogP) is 2.00. The van der Waals surface area contributed by atoms with Crippen molar-refractivity contribution in [3.05, 3.63) is 35.4 Å². The van der Waals surface area contributed by atoms with Gasteiger partial charge in [-0.1, -0.05) is 38.1 Å². The second kappa shape index (κ2) is 11.0. The van der Waals surface area contributed by atoms with Gasteiger partial charge >= 0.3 is 5.97 Å². The van der Waals surface area contributed by atoms with Gasteiger partial charge in [0.15, 0.2) is 0 Å². The number of rotatable bonds is 9. The molecule has 0 bridgehead atoms. The molecule has 6 heteroatoms. The number of amides is 1. The first-order valence-corrected chi connectivity index (χ1v) is 9.85. The smallest absolute Gasteiger partial charge is 0.305 e. The van der Waals surface area contributed by atoms with E-state index in [1.807, 2.05) is 0 Å². The van der Waals surface area contributed by atoms with E-state index in [4.69, 9.17) is 0 Å². The minimum absolute atomic E-state index is 0.0255. The number of hydrogen-bond donors (Lipinski definition) is 1. The highest BCUT2D eigenvalue weighted by atomic mass is 16.5. The molecular formula is C21H33N3O3. The molecule has 6 nitrogen and oxygen atoms in total. The standard InChI is InChI=1S/C21H33N3O3/c1-17(2)19-8-6-18(7-9-19)15-23-11-13-24(14-12-23)16-20(25)22-10-4-5-21(26)27-3/h6-9,17H,4-5,10-16H2,1-3H3,(H,22,25). The van der Waals surface area contributed by atoms with Gasteiger partial charge in [-0.05, 0) is 23.5 Å². The third-order valence-corrected chi connectivity index (χ3v) is 4.99. The molecule has 1 aliphatic heterocycles. The molecule has 2 rings (SSSR count). The van der Waals surface area contributed by atoms with Gasteiger partial charge in [-0.3, -0.25) is 19.4 Å². The van der Waals surface area contributed by atoms with Crippen LogP contribution in [-0.2, 0) is 20.9 Å². The Balaban J connectivity index is 1.63. The summed E-state index contributed by atoms with van der Waals surface area (Å²) >= 11 is 0. The molecule has 0 unspecified atom stereocenters. The van der Waals surface area contributed by atoms with Crippen LogP contribution >= 0.6 is 0 Å². The zero-order valence-electron chi connectivity index (χ0n) is 16.9. The van der Waals surface area contributed by atoms with Gasteiger partial charge in [0.05, 0.1) is 13.7 Å². The normalized spacial score (nSPS) is 15.7. The van der Waals surface area contributed by atoms with E-state index in [1.54, 1.807) is 0 Å². The molecule has 1 heterocycles. The zero-order chi connectivity index (χ0) is 19.6. The number of nitrogens with zero attached hydrogens (tertiary/aromatic N) is 2. The molecule has 1 aromatic rings. The van der Waals surface area contributed by atoms with Gasteiger partial charge in [0.1, 0.15) is 0 Å². The summed E-state index contributed by atoms with van der Waals surface area (Å²) in [5.74, 6) is 0.353. The monoisotopic (exact) mass is 375 g/mol. The number of ether oxygens (including phenoxy) is 1. The highest BCUT2D eigenvalue weighted by Gasteiger charge is 2.19. The van der Waals surface area contributed by atoms with Crippen molar-refractivity contribution in [2.75, 3.05) is 46.4 Å². The molecule has 0 saturated carbocycles. The number of esters is 1. The van der Waals surface area contributed by atoms with Crippen LogP contribution in [0.5, 0.6) is 0 Å². The first-order valence-electron chi connectivity index (χ1n) is 9.85. The predicted molar refractivity (Wildman–Crippen MR) is 107 cm³/mol. The summed E-state index contributed by atoms with van der Waals surface area (Å²) < 4.78 is 4.58. The van der Waals surface area contributed by atoms with Gasteiger partial charge in [-0.2, -0.15) is 0 Å². The third-order valence-electron chi connectivity index (χ3n) is 4.99. The Morgan fingerprint density at radius 2 is 1.70 bits per heavy atom. The number of carbonyl (C=O) groups is 2. The maximum atomic E-state index is 12.0. The van der Waals surface area contributed by atoms with E-state index in [0.29, 0.717) is 31.8 Å². The maximum absolute atomic E-state index is 12.0. The van der Waals surface area contributed by atoms with Crippen LogP contribution in [0.2, 0.25) is 0 Å². The summed E-state index contributed by atoms with van der Waals surface area (Å²) in [7, 11) is 1.38. The molecule has 1 aromatic carbocycles. The van der Waals surface area contributed by atoms with E-state index in [9.17, 15) is 9.59 Å². The van der Waals surface area contributed by atoms with Crippen LogP contribution in [0.15, 0.2) is 24.3 Å². The number of methoxy groups -OCH3 is 1. The minimum Gasteiger partial charge on any atom is -0.469 e. The van der Waals surface area contributed by atoms with Gasteiger partial charge in [0.25, 0.3) is 0 Å². The Morgan fingerprint density at radius 3 is 2.30 bits per heavy atom. The maximum Gasteiger partial charge on any atom is 0.305 e. The lowest BCUT2D eigenvalue weighted by Crippen LogP contribution is -2.49. The van der Waals surface area contributed by atoms with Gasteiger partial charge in [-0.15, -0.1) is 0 Å². The lowest BCUT2D eigenvalue weighted by molar-refractivity contribution is -0.140. The van der Waals surface area contributed by atoms with E-state index in [0.717, 1.165) is 32.7 Å². The number of hydrogen-bond acceptors (Lipinski definition) is 5. The summed E-state index contributed by atoms with van der Waals surface area (Å²) in [6.07, 6.45) is 0.954. The fourth-order valence-corrected chi connectivity index (χ4v) is 3.19. The van der Waals surface area contributed by atoms with Crippen LogP contribution in [-0.4, -0.2) is 68.1 Å². The minimum atomic E-state index is -0.237. The molecule has 0 aromatic heterocycles. The first kappa shape index (κ1) is 21.4. The van der Waals surface area contributed by atoms with E-state index in [-0.39, 0.29) is 11.9 Å². The van der Waals surface area contributed by atoms with E-state index < -0.39 is 0 Å². The molecule has 150 valence electrons. The average Bonchev–Trinajstić information content (AvgIpc) is 2.67. The van der Waals surface area contributed by atoms with Crippen molar-refractivity contribution >= 4 is 11.9 Å². The SMILES string of the molecule is COC(=O)CCCNC(=O)CN1CCN(Cc2ccc(C(C)C)cc2)CC1. The lowest BCUT2D eigenvalue weighted by Gasteiger charge is -2.34. The van der Waals surface area contributed by atoms with Crippen molar-refractivity contribution in [2.24, 2.45) is 0 Å². The van der Waals surface area contributed by atoms with Crippen molar-refractivity contribution in [1.29, 1.82) is 0 Å². The Morgan fingerprint density at radius 1 is 1.07 bits per heavy atom. The summed E-state index contributed by atoms with van der Waals surface area (Å²) in [5, 5.41) is 2.87. The third kappa shape index (κ3) is 7.69. The quantitative estimate of drug-likeness (QED) is 0.528. The molecule has 1 fully saturated rings. The molecule has 0 atom stereocenters. The summed E-state index contributed by atoms with van der Waals surface area (Å²) in [6.45, 7) is 10.1. The number of nitrogens with one attached hydrogen (secondary N) is 1. The van der Waals surface area contributed by atoms with Crippen LogP contribution < -0.4 is 5.32 Å². The molecular weight excluding hydrogens is 342 g/mol. The number of carbonyl (C=O) groups excluding carboxylic acids is 2. The number of piperazine rings is 1. The molecule has 1 amide bonds. The Labute approximate surface area is 162 Å². The van der Waals surface area contributed by atoms with Crippen LogP contribution in [0.25, 0.3) is 0 Å². The molecule has 0 radical (unpaired) electrons. The van der Waals surface area contributed by atoms with E-state index in [1.165, 1.54) is 18.2 Å². The Hall–Kier alpha value is -1.92. The topological polar surface area (TPSA) is 61.9 Å². The molecule has 0 aliphatic carbocycles. The molecule has 1 aliphatic rings. The second-order valence-electron chi connectivity index (χ2n) is 7.48. The van der Waals surface area contributed by atoms with E-state index in [2.05, 4.69) is 58.0 Å². The van der Waals surface area contributed by atoms with Gasteiger partial charge < -0.3 is 10.1 Å². The van der Waals surface area contributed by atoms with Crippen molar-refractivity contribution in [2.45, 2.75) is 39.2 Å². The Kier molecular flexibility index (Phi) is 8.75. The number of benzene rings is 1. The zero-order valence-corrected chi connectivity index (χ0v) is 16.9. The highest BCUT2D eigenvalue weighted by molar-refractivity contribution is 5.78. The van der Waals surface area contributed by atoms with Crippen LogP contribution in [0.1, 0.15) is 43.7 Å². The van der Waals surface area contributed by atoms with Crippen molar-refractivity contribution in [1.82, 2.24) is 15.1 Å². The fourth-order valence-electron chi connectivity index (χ4n) is 3.19. The van der Waals surface area contributed by atoms with Crippen molar-refractivity contribution in [3.63, 3.8) is 0 Å². The first-order chi connectivity index (χ1) is 13.0. The van der Waals surface area contributed by atoms with Gasteiger partial charge in [0.2, 0.25) is 5.91 Å². The van der Waals surface area contributed by atoms with Crippen LogP contribution in [0.4, 0.5) is 0 Å². The average molecular weight is 376 g/mol. The van der Waals surface area contributed by atoms with Crippen LogP contribution in [0, 0.1) is 0 Å². The molecule has 27 heavy (non-hydrogen) atoms. The fraction of sp³-hybridized carbons (Fsp3) is 0.619. The Bertz CT molecular complexity index is 593. The molecule has 0 spiro atoms. The molecule has 1 saturated heterocycles. The summed E-state index contributed by atoms with van der Waals surface area (Å²) in [5.41, 5.74) is 2.72. The lowest BCUT2D eigenvalue weighted by atomic mass is 10.0. The van der Waals surface area contributed by atoms with Crippen LogP contribution in [0.3, 0.4) is 0 Å². The van der Waals surface area contributed by atoms with Crippen molar-refractivity contribution in [3.8, 4) is 0 Å². The van der Waals surface area contributed by atoms with Crippen molar-refractivity contribution < 1.29 is 14.3 Å². The van der Waals surface area contributed by atoms with E-state index >= 15 is 0 Å². The van der Waals surface area contributed by atoms with Gasteiger partial charge in [0, 0.05) is 45.7 Å². The summed E-state index contributed by atoms with van der Waals surface area (Å²) in [4.78, 5) is 27.7.